The lowest BCUT2D eigenvalue weighted by Crippen LogP contribution is -2.28. The number of nitrogens with zero attached hydrogens (tertiary/aromatic N) is 2. The molecule has 6 heteroatoms. The van der Waals surface area contributed by atoms with Gasteiger partial charge >= 0.3 is 0 Å². The van der Waals surface area contributed by atoms with E-state index in [1.165, 1.54) is 28.5 Å². The van der Waals surface area contributed by atoms with Gasteiger partial charge in [0.2, 0.25) is 0 Å². The minimum absolute atomic E-state index is 0.156. The zero-order valence-corrected chi connectivity index (χ0v) is 15.4. The first-order chi connectivity index (χ1) is 12.1. The second-order valence-corrected chi connectivity index (χ2v) is 7.42. The summed E-state index contributed by atoms with van der Waals surface area (Å²) >= 11 is 1.52. The molecule has 2 heterocycles. The van der Waals surface area contributed by atoms with Crippen molar-refractivity contribution in [1.29, 1.82) is 0 Å². The van der Waals surface area contributed by atoms with Crippen LogP contribution in [-0.2, 0) is 5.75 Å². The molecule has 130 valence electrons. The van der Waals surface area contributed by atoms with Gasteiger partial charge in [-0.3, -0.25) is 4.79 Å². The number of aryl methyl sites for hydroxylation is 2. The van der Waals surface area contributed by atoms with Crippen LogP contribution in [0.4, 0.5) is 5.69 Å². The molecule has 1 aliphatic heterocycles. The number of piperidine rings is 1. The Hall–Kier alpha value is -2.10. The monoisotopic (exact) mass is 354 g/mol. The average molecular weight is 354 g/mol. The van der Waals surface area contributed by atoms with E-state index in [9.17, 15) is 4.79 Å². The number of benzene rings is 1. The molecule has 1 aliphatic rings. The van der Waals surface area contributed by atoms with E-state index in [0.29, 0.717) is 10.9 Å². The molecule has 0 atom stereocenters. The molecule has 1 aromatic carbocycles. The molecule has 25 heavy (non-hydrogen) atoms. The number of hydrogen-bond acceptors (Lipinski definition) is 4. The van der Waals surface area contributed by atoms with E-state index in [1.54, 1.807) is 0 Å². The molecule has 0 radical (unpaired) electrons. The van der Waals surface area contributed by atoms with Crippen molar-refractivity contribution in [2.24, 2.45) is 0 Å². The van der Waals surface area contributed by atoms with E-state index in [2.05, 4.69) is 52.2 Å². The van der Waals surface area contributed by atoms with Crippen molar-refractivity contribution in [2.75, 3.05) is 13.1 Å². The predicted molar refractivity (Wildman–Crippen MR) is 101 cm³/mol. The van der Waals surface area contributed by atoms with Crippen LogP contribution in [0, 0.1) is 20.4 Å². The lowest BCUT2D eigenvalue weighted by atomic mass is 9.93. The van der Waals surface area contributed by atoms with E-state index in [0.717, 1.165) is 31.7 Å². The van der Waals surface area contributed by atoms with E-state index in [1.807, 2.05) is 0 Å². The minimum atomic E-state index is -0.318. The zero-order chi connectivity index (χ0) is 17.8. The van der Waals surface area contributed by atoms with Crippen LogP contribution in [0.25, 0.3) is 4.85 Å². The number of aromatic nitrogens is 2. The second-order valence-electron chi connectivity index (χ2n) is 6.46. The maximum absolute atomic E-state index is 12.3. The molecule has 0 amide bonds. The summed E-state index contributed by atoms with van der Waals surface area (Å²) in [7, 11) is 0. The van der Waals surface area contributed by atoms with Gasteiger partial charge in [0, 0.05) is 5.75 Å². The maximum atomic E-state index is 12.3. The molecule has 0 unspecified atom stereocenters. The Labute approximate surface area is 152 Å². The Balaban J connectivity index is 1.87. The van der Waals surface area contributed by atoms with Gasteiger partial charge in [-0.2, -0.15) is 0 Å². The maximum Gasteiger partial charge on any atom is 0.271 e. The van der Waals surface area contributed by atoms with Crippen molar-refractivity contribution in [2.45, 2.75) is 43.5 Å². The summed E-state index contributed by atoms with van der Waals surface area (Å²) in [4.78, 5) is 23.2. The molecule has 0 bridgehead atoms. The average Bonchev–Trinajstić information content (AvgIpc) is 2.62. The number of aromatic amines is 1. The fraction of sp³-hybridized carbons (Fsp3) is 0.421. The summed E-state index contributed by atoms with van der Waals surface area (Å²) in [5.74, 6) is 0.937. The Kier molecular flexibility index (Phi) is 5.57. The van der Waals surface area contributed by atoms with E-state index >= 15 is 0 Å². The van der Waals surface area contributed by atoms with Gasteiger partial charge in [-0.25, -0.2) is 9.83 Å². The summed E-state index contributed by atoms with van der Waals surface area (Å²) < 4.78 is 0. The fourth-order valence-corrected chi connectivity index (χ4v) is 4.05. The second kappa shape index (κ2) is 7.85. The van der Waals surface area contributed by atoms with E-state index in [4.69, 9.17) is 6.57 Å². The van der Waals surface area contributed by atoms with Crippen LogP contribution >= 0.6 is 11.8 Å². The first-order valence-corrected chi connectivity index (χ1v) is 9.48. The minimum Gasteiger partial charge on any atom is -0.317 e. The van der Waals surface area contributed by atoms with E-state index in [-0.39, 0.29) is 17.2 Å². The SMILES string of the molecule is [C-]#[N+]c1c(C2CCNCC2)nc(SCc2cc(C)ccc2C)[nH]c1=O. The highest BCUT2D eigenvalue weighted by Gasteiger charge is 2.23. The predicted octanol–water partition coefficient (Wildman–Crippen LogP) is 3.70. The highest BCUT2D eigenvalue weighted by atomic mass is 32.2. The highest BCUT2D eigenvalue weighted by molar-refractivity contribution is 7.98. The van der Waals surface area contributed by atoms with Gasteiger partial charge in [0.1, 0.15) is 0 Å². The molecular weight excluding hydrogens is 332 g/mol. The first kappa shape index (κ1) is 17.7. The third-order valence-corrected chi connectivity index (χ3v) is 5.53. The molecule has 0 saturated carbocycles. The van der Waals surface area contributed by atoms with Crippen LogP contribution in [0.3, 0.4) is 0 Å². The van der Waals surface area contributed by atoms with Crippen molar-refractivity contribution >= 4 is 17.4 Å². The summed E-state index contributed by atoms with van der Waals surface area (Å²) in [6.07, 6.45) is 1.83. The van der Waals surface area contributed by atoms with Crippen molar-refractivity contribution in [3.8, 4) is 0 Å². The molecule has 1 fully saturated rings. The Morgan fingerprint density at radius 2 is 2.08 bits per heavy atom. The summed E-state index contributed by atoms with van der Waals surface area (Å²) in [5, 5.41) is 3.92. The van der Waals surface area contributed by atoms with Crippen molar-refractivity contribution < 1.29 is 0 Å². The highest BCUT2D eigenvalue weighted by Crippen LogP contribution is 2.31. The third-order valence-electron chi connectivity index (χ3n) is 4.61. The molecule has 2 aromatic rings. The normalized spacial score (nSPS) is 15.1. The third kappa shape index (κ3) is 4.12. The van der Waals surface area contributed by atoms with Gasteiger partial charge in [-0.15, -0.1) is 0 Å². The molecule has 3 rings (SSSR count). The Bertz CT molecular complexity index is 863. The number of H-pyrrole nitrogens is 1. The standard InChI is InChI=1S/C19H22N4OS/c1-12-4-5-13(2)15(10-12)11-25-19-22-16(14-6-8-21-9-7-14)17(20-3)18(24)23-19/h4-5,10,14,21H,6-9,11H2,1-2H3,(H,22,23,24). The van der Waals surface area contributed by atoms with Gasteiger partial charge in [0.25, 0.3) is 11.2 Å². The number of thioether (sulfide) groups is 1. The van der Waals surface area contributed by atoms with Crippen LogP contribution in [0.5, 0.6) is 0 Å². The smallest absolute Gasteiger partial charge is 0.271 e. The van der Waals surface area contributed by atoms with Crippen LogP contribution in [-0.4, -0.2) is 23.1 Å². The molecule has 1 saturated heterocycles. The van der Waals surface area contributed by atoms with Gasteiger partial charge in [-0.1, -0.05) is 35.5 Å². The van der Waals surface area contributed by atoms with Crippen molar-refractivity contribution in [3.05, 3.63) is 62.4 Å². The first-order valence-electron chi connectivity index (χ1n) is 8.50. The quantitative estimate of drug-likeness (QED) is 0.499. The summed E-state index contributed by atoms with van der Waals surface area (Å²) in [6, 6.07) is 6.38. The van der Waals surface area contributed by atoms with Crippen LogP contribution in [0.15, 0.2) is 28.2 Å². The Morgan fingerprint density at radius 3 is 2.80 bits per heavy atom. The summed E-state index contributed by atoms with van der Waals surface area (Å²) in [6.45, 7) is 13.3. The molecular formula is C19H22N4OS. The van der Waals surface area contributed by atoms with Gasteiger partial charge in [-0.05, 0) is 56.8 Å². The molecule has 2 N–H and O–H groups in total. The lowest BCUT2D eigenvalue weighted by molar-refractivity contribution is 0.451. The van der Waals surface area contributed by atoms with Crippen LogP contribution in [0.1, 0.15) is 41.1 Å². The lowest BCUT2D eigenvalue weighted by Gasteiger charge is -2.23. The molecule has 1 aromatic heterocycles. The van der Waals surface area contributed by atoms with Gasteiger partial charge < -0.3 is 10.3 Å². The topological polar surface area (TPSA) is 62.1 Å². The largest absolute Gasteiger partial charge is 0.317 e. The van der Waals surface area contributed by atoms with E-state index < -0.39 is 0 Å². The molecule has 0 spiro atoms. The number of nitrogens with one attached hydrogen (secondary N) is 2. The molecule has 5 nitrogen and oxygen atoms in total. The number of hydrogen-bond donors (Lipinski definition) is 2. The summed E-state index contributed by atoms with van der Waals surface area (Å²) in [5.41, 5.74) is 4.21. The fourth-order valence-electron chi connectivity index (χ4n) is 3.12. The van der Waals surface area contributed by atoms with Crippen LogP contribution < -0.4 is 10.9 Å². The zero-order valence-electron chi connectivity index (χ0n) is 14.6. The molecule has 0 aliphatic carbocycles. The number of rotatable bonds is 4. The Morgan fingerprint density at radius 1 is 1.32 bits per heavy atom. The van der Waals surface area contributed by atoms with Gasteiger partial charge in [0.05, 0.1) is 12.3 Å². The van der Waals surface area contributed by atoms with Gasteiger partial charge in [0.15, 0.2) is 5.16 Å². The van der Waals surface area contributed by atoms with Crippen molar-refractivity contribution in [1.82, 2.24) is 15.3 Å². The van der Waals surface area contributed by atoms with Crippen LogP contribution in [0.2, 0.25) is 0 Å². The van der Waals surface area contributed by atoms with Crippen molar-refractivity contribution in [3.63, 3.8) is 0 Å².